The van der Waals surface area contributed by atoms with Crippen molar-refractivity contribution >= 4 is 10.9 Å². The van der Waals surface area contributed by atoms with Crippen LogP contribution in [0.3, 0.4) is 0 Å². The van der Waals surface area contributed by atoms with Crippen LogP contribution >= 0.6 is 0 Å². The predicted octanol–water partition coefficient (Wildman–Crippen LogP) is 1.96. The van der Waals surface area contributed by atoms with Gasteiger partial charge in [0.05, 0.1) is 17.5 Å². The van der Waals surface area contributed by atoms with Gasteiger partial charge >= 0.3 is 0 Å². The lowest BCUT2D eigenvalue weighted by Crippen LogP contribution is -1.91. The van der Waals surface area contributed by atoms with E-state index < -0.39 is 0 Å². The van der Waals surface area contributed by atoms with Gasteiger partial charge in [-0.2, -0.15) is 0 Å². The first-order chi connectivity index (χ1) is 5.92. The first kappa shape index (κ1) is 7.16. The lowest BCUT2D eigenvalue weighted by Gasteiger charge is -1.96. The number of nitrogens with zero attached hydrogens (tertiary/aromatic N) is 1. The standard InChI is InChI=1S/C9H10N2O/c1-2-12-9-7-5-3-4-6-8(7)10-11-9/h3-6H,2H2,1H3,(H,10,11). The number of rotatable bonds is 2. The van der Waals surface area contributed by atoms with E-state index in [1.165, 1.54) is 0 Å². The molecule has 0 aliphatic carbocycles. The summed E-state index contributed by atoms with van der Waals surface area (Å²) in [7, 11) is 0. The molecular formula is C9H10N2O. The van der Waals surface area contributed by atoms with Crippen LogP contribution < -0.4 is 4.74 Å². The SMILES string of the molecule is CCOc1n[nH]c2ccccc12. The maximum absolute atomic E-state index is 5.32. The van der Waals surface area contributed by atoms with E-state index in [1.807, 2.05) is 31.2 Å². The number of nitrogens with one attached hydrogen (secondary N) is 1. The number of H-pyrrole nitrogens is 1. The van der Waals surface area contributed by atoms with Crippen LogP contribution in [-0.2, 0) is 0 Å². The molecule has 0 fully saturated rings. The van der Waals surface area contributed by atoms with E-state index in [2.05, 4.69) is 10.2 Å². The topological polar surface area (TPSA) is 37.9 Å². The van der Waals surface area contributed by atoms with Gasteiger partial charge in [0.2, 0.25) is 5.88 Å². The Hall–Kier alpha value is -1.51. The minimum Gasteiger partial charge on any atom is -0.476 e. The van der Waals surface area contributed by atoms with Gasteiger partial charge in [0.25, 0.3) is 0 Å². The smallest absolute Gasteiger partial charge is 0.240 e. The highest BCUT2D eigenvalue weighted by Crippen LogP contribution is 2.21. The van der Waals surface area contributed by atoms with Gasteiger partial charge in [-0.3, -0.25) is 5.10 Å². The van der Waals surface area contributed by atoms with Gasteiger partial charge < -0.3 is 4.74 Å². The molecule has 1 heterocycles. The Balaban J connectivity index is 2.55. The Morgan fingerprint density at radius 1 is 1.42 bits per heavy atom. The molecule has 0 unspecified atom stereocenters. The van der Waals surface area contributed by atoms with Crippen molar-refractivity contribution in [2.24, 2.45) is 0 Å². The summed E-state index contributed by atoms with van der Waals surface area (Å²) in [5.41, 5.74) is 1.01. The predicted molar refractivity (Wildman–Crippen MR) is 47.3 cm³/mol. The molecule has 2 aromatic rings. The zero-order valence-electron chi connectivity index (χ0n) is 6.87. The number of para-hydroxylation sites is 1. The zero-order valence-corrected chi connectivity index (χ0v) is 6.87. The zero-order chi connectivity index (χ0) is 8.39. The number of aromatic nitrogens is 2. The molecule has 1 aromatic heterocycles. The van der Waals surface area contributed by atoms with Crippen LogP contribution in [0.5, 0.6) is 5.88 Å². The van der Waals surface area contributed by atoms with Crippen molar-refractivity contribution in [1.29, 1.82) is 0 Å². The monoisotopic (exact) mass is 162 g/mol. The van der Waals surface area contributed by atoms with Crippen molar-refractivity contribution in [3.63, 3.8) is 0 Å². The second-order valence-electron chi connectivity index (χ2n) is 2.51. The minimum atomic E-state index is 0.648. The van der Waals surface area contributed by atoms with Crippen LogP contribution in [0, 0.1) is 0 Å². The fourth-order valence-corrected chi connectivity index (χ4v) is 1.19. The largest absolute Gasteiger partial charge is 0.476 e. The normalized spacial score (nSPS) is 10.4. The highest BCUT2D eigenvalue weighted by molar-refractivity contribution is 5.83. The van der Waals surface area contributed by atoms with E-state index >= 15 is 0 Å². The highest BCUT2D eigenvalue weighted by atomic mass is 16.5. The van der Waals surface area contributed by atoms with Gasteiger partial charge in [-0.25, -0.2) is 0 Å². The molecular weight excluding hydrogens is 152 g/mol. The summed E-state index contributed by atoms with van der Waals surface area (Å²) in [6.07, 6.45) is 0. The molecule has 0 aliphatic rings. The molecule has 0 radical (unpaired) electrons. The third-order valence-corrected chi connectivity index (χ3v) is 1.72. The molecule has 62 valence electrons. The molecule has 2 rings (SSSR count). The summed E-state index contributed by atoms with van der Waals surface area (Å²) >= 11 is 0. The summed E-state index contributed by atoms with van der Waals surface area (Å²) in [6, 6.07) is 7.91. The number of hydrogen-bond acceptors (Lipinski definition) is 2. The Morgan fingerprint density at radius 2 is 2.25 bits per heavy atom. The maximum Gasteiger partial charge on any atom is 0.240 e. The van der Waals surface area contributed by atoms with Crippen LogP contribution in [0.1, 0.15) is 6.92 Å². The lowest BCUT2D eigenvalue weighted by atomic mass is 10.2. The molecule has 0 bridgehead atoms. The van der Waals surface area contributed by atoms with Crippen molar-refractivity contribution < 1.29 is 4.74 Å². The summed E-state index contributed by atoms with van der Waals surface area (Å²) in [5, 5.41) is 7.98. The van der Waals surface area contributed by atoms with Crippen molar-refractivity contribution in [2.75, 3.05) is 6.61 Å². The summed E-state index contributed by atoms with van der Waals surface area (Å²) in [5.74, 6) is 0.688. The van der Waals surface area contributed by atoms with Crippen LogP contribution in [0.25, 0.3) is 10.9 Å². The molecule has 0 saturated heterocycles. The van der Waals surface area contributed by atoms with E-state index in [9.17, 15) is 0 Å². The fraction of sp³-hybridized carbons (Fsp3) is 0.222. The third-order valence-electron chi connectivity index (χ3n) is 1.72. The van der Waals surface area contributed by atoms with Gasteiger partial charge in [-0.05, 0) is 19.1 Å². The van der Waals surface area contributed by atoms with E-state index in [0.29, 0.717) is 12.5 Å². The first-order valence-electron chi connectivity index (χ1n) is 3.97. The van der Waals surface area contributed by atoms with Crippen molar-refractivity contribution in [3.8, 4) is 5.88 Å². The molecule has 0 amide bonds. The van der Waals surface area contributed by atoms with E-state index in [1.54, 1.807) is 0 Å². The summed E-state index contributed by atoms with van der Waals surface area (Å²) in [4.78, 5) is 0. The summed E-state index contributed by atoms with van der Waals surface area (Å²) < 4.78 is 5.32. The minimum absolute atomic E-state index is 0.648. The third kappa shape index (κ3) is 1.03. The van der Waals surface area contributed by atoms with E-state index in [0.717, 1.165) is 10.9 Å². The molecule has 0 aliphatic heterocycles. The van der Waals surface area contributed by atoms with Crippen LogP contribution in [0.2, 0.25) is 0 Å². The second-order valence-corrected chi connectivity index (χ2v) is 2.51. The molecule has 0 spiro atoms. The van der Waals surface area contributed by atoms with Crippen molar-refractivity contribution in [3.05, 3.63) is 24.3 Å². The fourth-order valence-electron chi connectivity index (χ4n) is 1.19. The van der Waals surface area contributed by atoms with Crippen molar-refractivity contribution in [1.82, 2.24) is 10.2 Å². The first-order valence-corrected chi connectivity index (χ1v) is 3.97. The number of benzene rings is 1. The Bertz CT molecular complexity index is 381. The van der Waals surface area contributed by atoms with Gasteiger partial charge in [-0.15, -0.1) is 5.10 Å². The number of aromatic amines is 1. The van der Waals surface area contributed by atoms with Gasteiger partial charge in [0.15, 0.2) is 0 Å². The quantitative estimate of drug-likeness (QED) is 0.733. The molecule has 1 N–H and O–H groups in total. The van der Waals surface area contributed by atoms with Crippen LogP contribution in [0.4, 0.5) is 0 Å². The Kier molecular flexibility index (Phi) is 1.70. The number of hydrogen-bond donors (Lipinski definition) is 1. The molecule has 12 heavy (non-hydrogen) atoms. The van der Waals surface area contributed by atoms with Gasteiger partial charge in [0, 0.05) is 0 Å². The molecule has 3 heteroatoms. The van der Waals surface area contributed by atoms with E-state index in [-0.39, 0.29) is 0 Å². The molecule has 0 atom stereocenters. The van der Waals surface area contributed by atoms with Gasteiger partial charge in [0.1, 0.15) is 0 Å². The maximum atomic E-state index is 5.32. The van der Waals surface area contributed by atoms with E-state index in [4.69, 9.17) is 4.74 Å². The average molecular weight is 162 g/mol. The van der Waals surface area contributed by atoms with Crippen LogP contribution in [0.15, 0.2) is 24.3 Å². The van der Waals surface area contributed by atoms with Crippen molar-refractivity contribution in [2.45, 2.75) is 6.92 Å². The Labute approximate surface area is 70.4 Å². The Morgan fingerprint density at radius 3 is 3.08 bits per heavy atom. The second kappa shape index (κ2) is 2.85. The average Bonchev–Trinajstić information content (AvgIpc) is 2.50. The molecule has 0 saturated carbocycles. The van der Waals surface area contributed by atoms with Crippen LogP contribution in [-0.4, -0.2) is 16.8 Å². The van der Waals surface area contributed by atoms with Gasteiger partial charge in [-0.1, -0.05) is 12.1 Å². The molecule has 3 nitrogen and oxygen atoms in total. The number of ether oxygens (including phenoxy) is 1. The summed E-state index contributed by atoms with van der Waals surface area (Å²) in [6.45, 7) is 2.60. The lowest BCUT2D eigenvalue weighted by molar-refractivity contribution is 0.330. The highest BCUT2D eigenvalue weighted by Gasteiger charge is 2.03. The number of fused-ring (bicyclic) bond motifs is 1. The molecule has 1 aromatic carbocycles.